The van der Waals surface area contributed by atoms with Gasteiger partial charge < -0.3 is 15.4 Å². The second-order valence-corrected chi connectivity index (χ2v) is 8.28. The van der Waals surface area contributed by atoms with Crippen molar-refractivity contribution in [3.63, 3.8) is 0 Å². The van der Waals surface area contributed by atoms with E-state index in [0.717, 1.165) is 25.0 Å². The summed E-state index contributed by atoms with van der Waals surface area (Å²) in [5, 5.41) is 6.86. The first-order valence-electron chi connectivity index (χ1n) is 8.69. The highest BCUT2D eigenvalue weighted by atomic mass is 32.2. The summed E-state index contributed by atoms with van der Waals surface area (Å²) in [4.78, 5) is 0.319. The van der Waals surface area contributed by atoms with Crippen LogP contribution in [0.25, 0.3) is 0 Å². The summed E-state index contributed by atoms with van der Waals surface area (Å²) in [5.41, 5.74) is 0.972. The number of rotatable bonds is 8. The van der Waals surface area contributed by atoms with E-state index in [2.05, 4.69) is 10.6 Å². The molecule has 8 heteroatoms. The van der Waals surface area contributed by atoms with Crippen LogP contribution in [0.3, 0.4) is 0 Å². The van der Waals surface area contributed by atoms with Gasteiger partial charge in [0, 0.05) is 32.8 Å². The molecule has 2 rings (SSSR count). The summed E-state index contributed by atoms with van der Waals surface area (Å²) in [7, 11) is -3.41. The van der Waals surface area contributed by atoms with Gasteiger partial charge in [-0.25, -0.2) is 8.42 Å². The fourth-order valence-electron chi connectivity index (χ4n) is 2.75. The number of nitrogens with one attached hydrogen (secondary N) is 2. The van der Waals surface area contributed by atoms with Crippen LogP contribution in [0.4, 0.5) is 0 Å². The van der Waals surface area contributed by atoms with Crippen LogP contribution in [0.2, 0.25) is 0 Å². The Bertz CT molecular complexity index is 652. The molecule has 0 bridgehead atoms. The minimum atomic E-state index is -3.41. The van der Waals surface area contributed by atoms with Crippen molar-refractivity contribution in [3.05, 3.63) is 29.8 Å². The Morgan fingerprint density at radius 1 is 1.24 bits per heavy atom. The number of thiocarbonyl (C=S) groups is 1. The number of hydrogen-bond donors (Lipinski definition) is 2. The van der Waals surface area contributed by atoms with Crippen LogP contribution in [0.15, 0.2) is 29.2 Å². The van der Waals surface area contributed by atoms with E-state index in [1.54, 1.807) is 12.1 Å². The first kappa shape index (κ1) is 20.1. The summed E-state index contributed by atoms with van der Waals surface area (Å²) >= 11 is 5.26. The predicted octanol–water partition coefficient (Wildman–Crippen LogP) is 1.86. The fraction of sp³-hybridized carbons (Fsp3) is 0.588. The molecule has 0 aliphatic carbocycles. The van der Waals surface area contributed by atoms with E-state index in [-0.39, 0.29) is 6.10 Å². The Balaban J connectivity index is 1.84. The molecule has 0 radical (unpaired) electrons. The van der Waals surface area contributed by atoms with Gasteiger partial charge in [0.2, 0.25) is 10.0 Å². The molecule has 0 saturated carbocycles. The third-order valence-electron chi connectivity index (χ3n) is 4.23. The van der Waals surface area contributed by atoms with Crippen molar-refractivity contribution >= 4 is 27.4 Å². The van der Waals surface area contributed by atoms with E-state index in [9.17, 15) is 8.42 Å². The minimum absolute atomic E-state index is 0.240. The molecule has 0 amide bonds. The molecule has 1 aliphatic heterocycles. The Morgan fingerprint density at radius 3 is 2.48 bits per heavy atom. The highest BCUT2D eigenvalue weighted by Crippen LogP contribution is 2.16. The monoisotopic (exact) mass is 385 g/mol. The molecule has 2 N–H and O–H groups in total. The number of benzene rings is 1. The maximum Gasteiger partial charge on any atom is 0.243 e. The van der Waals surface area contributed by atoms with E-state index < -0.39 is 10.0 Å². The Hall–Kier alpha value is -1.22. The van der Waals surface area contributed by atoms with Gasteiger partial charge in [0.05, 0.1) is 11.0 Å². The summed E-state index contributed by atoms with van der Waals surface area (Å²) < 4.78 is 31.9. The summed E-state index contributed by atoms with van der Waals surface area (Å²) in [6, 6.07) is 6.92. The van der Waals surface area contributed by atoms with Crippen LogP contribution in [0.5, 0.6) is 0 Å². The summed E-state index contributed by atoms with van der Waals surface area (Å²) in [5.74, 6) is 0. The molecular formula is C17H27N3O3S2. The first-order chi connectivity index (χ1) is 12.0. The normalized spacial score (nSPS) is 17.6. The lowest BCUT2D eigenvalue weighted by Gasteiger charge is -2.18. The molecule has 0 unspecified atom stereocenters. The van der Waals surface area contributed by atoms with Crippen LogP contribution in [0.1, 0.15) is 32.3 Å². The van der Waals surface area contributed by atoms with Crippen molar-refractivity contribution in [2.75, 3.05) is 26.2 Å². The zero-order valence-corrected chi connectivity index (χ0v) is 16.5. The van der Waals surface area contributed by atoms with Gasteiger partial charge in [0.25, 0.3) is 0 Å². The number of ether oxygens (including phenoxy) is 1. The van der Waals surface area contributed by atoms with Crippen LogP contribution < -0.4 is 10.6 Å². The minimum Gasteiger partial charge on any atom is -0.376 e. The second-order valence-electron chi connectivity index (χ2n) is 5.93. The molecule has 1 heterocycles. The topological polar surface area (TPSA) is 70.7 Å². The predicted molar refractivity (Wildman–Crippen MR) is 103 cm³/mol. The molecule has 1 aromatic rings. The van der Waals surface area contributed by atoms with Crippen molar-refractivity contribution in [2.45, 2.75) is 44.2 Å². The van der Waals surface area contributed by atoms with E-state index in [1.165, 1.54) is 4.31 Å². The molecule has 1 aromatic carbocycles. The summed E-state index contributed by atoms with van der Waals surface area (Å²) in [6.45, 7) is 6.69. The average molecular weight is 386 g/mol. The molecule has 25 heavy (non-hydrogen) atoms. The lowest BCUT2D eigenvalue weighted by atomic mass is 10.2. The largest absolute Gasteiger partial charge is 0.376 e. The Labute approximate surface area is 156 Å². The SMILES string of the molecule is CCN(CC)S(=O)(=O)c1ccc(CNC(=S)NC[C@H]2CCCO2)cc1. The van der Waals surface area contributed by atoms with E-state index in [4.69, 9.17) is 17.0 Å². The Morgan fingerprint density at radius 2 is 1.92 bits per heavy atom. The fourth-order valence-corrected chi connectivity index (χ4v) is 4.36. The highest BCUT2D eigenvalue weighted by Gasteiger charge is 2.21. The lowest BCUT2D eigenvalue weighted by Crippen LogP contribution is -2.39. The van der Waals surface area contributed by atoms with Crippen molar-refractivity contribution in [3.8, 4) is 0 Å². The molecule has 0 spiro atoms. The van der Waals surface area contributed by atoms with E-state index in [0.29, 0.717) is 36.2 Å². The zero-order valence-electron chi connectivity index (χ0n) is 14.8. The highest BCUT2D eigenvalue weighted by molar-refractivity contribution is 7.89. The molecule has 1 aliphatic rings. The first-order valence-corrected chi connectivity index (χ1v) is 10.5. The maximum absolute atomic E-state index is 12.5. The van der Waals surface area contributed by atoms with Crippen LogP contribution in [0, 0.1) is 0 Å². The van der Waals surface area contributed by atoms with Gasteiger partial charge >= 0.3 is 0 Å². The quantitative estimate of drug-likeness (QED) is 0.666. The van der Waals surface area contributed by atoms with Gasteiger partial charge in [-0.2, -0.15) is 4.31 Å². The standard InChI is InChI=1S/C17H27N3O3S2/c1-3-20(4-2)25(21,22)16-9-7-14(8-10-16)12-18-17(24)19-13-15-6-5-11-23-15/h7-10,15H,3-6,11-13H2,1-2H3,(H2,18,19,24)/t15-/m1/s1. The van der Waals surface area contributed by atoms with Crippen LogP contribution in [-0.4, -0.2) is 50.2 Å². The second kappa shape index (κ2) is 9.47. The van der Waals surface area contributed by atoms with Crippen molar-refractivity contribution in [1.29, 1.82) is 0 Å². The van der Waals surface area contributed by atoms with Gasteiger partial charge in [0.1, 0.15) is 0 Å². The Kier molecular flexibility index (Phi) is 7.61. The third kappa shape index (κ3) is 5.64. The van der Waals surface area contributed by atoms with Crippen molar-refractivity contribution in [2.24, 2.45) is 0 Å². The number of hydrogen-bond acceptors (Lipinski definition) is 4. The number of nitrogens with zero attached hydrogens (tertiary/aromatic N) is 1. The van der Waals surface area contributed by atoms with Crippen molar-refractivity contribution in [1.82, 2.24) is 14.9 Å². The van der Waals surface area contributed by atoms with Gasteiger partial charge in [-0.3, -0.25) is 0 Å². The van der Waals surface area contributed by atoms with Gasteiger partial charge in [-0.1, -0.05) is 26.0 Å². The maximum atomic E-state index is 12.5. The smallest absolute Gasteiger partial charge is 0.243 e. The summed E-state index contributed by atoms with van der Waals surface area (Å²) in [6.07, 6.45) is 2.41. The molecule has 1 fully saturated rings. The zero-order chi connectivity index (χ0) is 18.3. The van der Waals surface area contributed by atoms with Crippen LogP contribution >= 0.6 is 12.2 Å². The third-order valence-corrected chi connectivity index (χ3v) is 6.59. The van der Waals surface area contributed by atoms with Crippen molar-refractivity contribution < 1.29 is 13.2 Å². The molecule has 1 atom stereocenters. The molecule has 1 saturated heterocycles. The van der Waals surface area contributed by atoms with Gasteiger partial charge in [-0.05, 0) is 42.8 Å². The average Bonchev–Trinajstić information content (AvgIpc) is 3.13. The van der Waals surface area contributed by atoms with Crippen LogP contribution in [-0.2, 0) is 21.3 Å². The molecule has 0 aromatic heterocycles. The molecular weight excluding hydrogens is 358 g/mol. The van der Waals surface area contributed by atoms with E-state index in [1.807, 2.05) is 26.0 Å². The molecule has 140 valence electrons. The molecule has 6 nitrogen and oxygen atoms in total. The lowest BCUT2D eigenvalue weighted by molar-refractivity contribution is 0.114. The number of sulfonamides is 1. The van der Waals surface area contributed by atoms with E-state index >= 15 is 0 Å². The van der Waals surface area contributed by atoms with Gasteiger partial charge in [0.15, 0.2) is 5.11 Å². The van der Waals surface area contributed by atoms with Gasteiger partial charge in [-0.15, -0.1) is 0 Å².